The van der Waals surface area contributed by atoms with Gasteiger partial charge in [-0.1, -0.05) is 39.0 Å². The lowest BCUT2D eigenvalue weighted by Crippen LogP contribution is -2.10. The molecule has 0 bridgehead atoms. The van der Waals surface area contributed by atoms with Crippen LogP contribution in [0, 0.1) is 5.41 Å². The molecular weight excluding hydrogens is 188 g/mol. The van der Waals surface area contributed by atoms with Gasteiger partial charge in [0.15, 0.2) is 0 Å². The molecule has 0 saturated heterocycles. The van der Waals surface area contributed by atoms with Crippen LogP contribution in [0.3, 0.4) is 0 Å². The Kier molecular flexibility index (Phi) is 3.30. The maximum atomic E-state index is 10.9. The Labute approximate surface area is 90.3 Å². The zero-order chi connectivity index (χ0) is 11.5. The number of phenols is 1. The predicted octanol–water partition coefficient (Wildman–Crippen LogP) is 3.02. The number of hydrogen-bond acceptors (Lipinski definition) is 2. The first-order valence-corrected chi connectivity index (χ1v) is 4.90. The van der Waals surface area contributed by atoms with Crippen LogP contribution in [0.5, 0.6) is 5.75 Å². The van der Waals surface area contributed by atoms with E-state index in [-0.39, 0.29) is 11.2 Å². The van der Waals surface area contributed by atoms with Crippen molar-refractivity contribution in [2.45, 2.75) is 20.8 Å². The molecule has 0 aliphatic rings. The Balaban J connectivity index is 3.15. The summed E-state index contributed by atoms with van der Waals surface area (Å²) in [7, 11) is 0. The summed E-state index contributed by atoms with van der Waals surface area (Å²) in [6.07, 6.45) is 2.56. The van der Waals surface area contributed by atoms with E-state index in [1.165, 1.54) is 0 Å². The third-order valence-corrected chi connectivity index (χ3v) is 2.24. The fraction of sp³-hybridized carbons (Fsp3) is 0.308. The number of rotatable bonds is 2. The number of para-hydroxylation sites is 1. The first-order chi connectivity index (χ1) is 6.95. The summed E-state index contributed by atoms with van der Waals surface area (Å²) in [4.78, 5) is 10.9. The molecule has 0 amide bonds. The first-order valence-electron chi connectivity index (χ1n) is 4.90. The Bertz CT molecular complexity index is 384. The van der Waals surface area contributed by atoms with E-state index in [1.54, 1.807) is 24.3 Å². The highest BCUT2D eigenvalue weighted by atomic mass is 16.3. The van der Waals surface area contributed by atoms with Crippen molar-refractivity contribution in [3.8, 4) is 5.75 Å². The maximum Gasteiger partial charge on any atom is 0.146 e. The normalized spacial score (nSPS) is 12.6. The zero-order valence-electron chi connectivity index (χ0n) is 9.32. The van der Waals surface area contributed by atoms with E-state index < -0.39 is 0 Å². The minimum Gasteiger partial charge on any atom is -0.507 e. The molecule has 0 spiro atoms. The van der Waals surface area contributed by atoms with Gasteiger partial charge in [0, 0.05) is 5.56 Å². The summed E-state index contributed by atoms with van der Waals surface area (Å²) in [6, 6.07) is 6.97. The number of carbonyl (C=O) groups excluding carboxylic acids is 1. The van der Waals surface area contributed by atoms with Crippen LogP contribution in [-0.2, 0) is 4.79 Å². The molecule has 0 aliphatic heterocycles. The van der Waals surface area contributed by atoms with Crippen LogP contribution in [0.15, 0.2) is 29.8 Å². The highest BCUT2D eigenvalue weighted by molar-refractivity contribution is 5.84. The summed E-state index contributed by atoms with van der Waals surface area (Å²) in [5, 5.41) is 9.56. The molecule has 80 valence electrons. The molecule has 0 heterocycles. The molecular formula is C13H16O2. The highest BCUT2D eigenvalue weighted by Crippen LogP contribution is 2.27. The molecule has 0 fully saturated rings. The van der Waals surface area contributed by atoms with Gasteiger partial charge in [-0.25, -0.2) is 0 Å². The van der Waals surface area contributed by atoms with Crippen LogP contribution >= 0.6 is 0 Å². The van der Waals surface area contributed by atoms with Crippen LogP contribution in [-0.4, -0.2) is 11.4 Å². The van der Waals surface area contributed by atoms with Crippen LogP contribution < -0.4 is 0 Å². The molecule has 1 aromatic rings. The van der Waals surface area contributed by atoms with Crippen LogP contribution in [0.25, 0.3) is 6.08 Å². The van der Waals surface area contributed by atoms with Crippen molar-refractivity contribution in [2.24, 2.45) is 5.41 Å². The minimum atomic E-state index is -0.204. The summed E-state index contributed by atoms with van der Waals surface area (Å²) < 4.78 is 0. The number of hydrogen-bond donors (Lipinski definition) is 1. The van der Waals surface area contributed by atoms with E-state index >= 15 is 0 Å². The number of phenolic OH excluding ortho intramolecular Hbond substituents is 1. The Morgan fingerprint density at radius 1 is 1.27 bits per heavy atom. The standard InChI is InChI=1S/C13H16O2/c1-13(2,3)11(9-14)8-10-6-4-5-7-12(10)15/h4-9,15H,1-3H3/b11-8+. The molecule has 0 saturated carbocycles. The van der Waals surface area contributed by atoms with Gasteiger partial charge in [0.2, 0.25) is 0 Å². The van der Waals surface area contributed by atoms with Gasteiger partial charge in [0.1, 0.15) is 12.0 Å². The second kappa shape index (κ2) is 4.30. The molecule has 1 rings (SSSR count). The van der Waals surface area contributed by atoms with Gasteiger partial charge in [0.25, 0.3) is 0 Å². The second-order valence-electron chi connectivity index (χ2n) is 4.53. The van der Waals surface area contributed by atoms with Gasteiger partial charge in [-0.15, -0.1) is 0 Å². The third-order valence-electron chi connectivity index (χ3n) is 2.24. The van der Waals surface area contributed by atoms with E-state index in [9.17, 15) is 9.90 Å². The lowest BCUT2D eigenvalue weighted by Gasteiger charge is -2.18. The monoisotopic (exact) mass is 204 g/mol. The number of allylic oxidation sites excluding steroid dienone is 1. The third kappa shape index (κ3) is 2.94. The van der Waals surface area contributed by atoms with E-state index in [0.29, 0.717) is 11.1 Å². The molecule has 1 N–H and O–H groups in total. The lowest BCUT2D eigenvalue weighted by atomic mass is 9.86. The largest absolute Gasteiger partial charge is 0.507 e. The van der Waals surface area contributed by atoms with Gasteiger partial charge >= 0.3 is 0 Å². The van der Waals surface area contributed by atoms with Gasteiger partial charge in [-0.3, -0.25) is 4.79 Å². The predicted molar refractivity (Wildman–Crippen MR) is 61.6 cm³/mol. The Morgan fingerprint density at radius 3 is 2.33 bits per heavy atom. The quantitative estimate of drug-likeness (QED) is 0.594. The summed E-state index contributed by atoms with van der Waals surface area (Å²) in [5.74, 6) is 0.195. The Morgan fingerprint density at radius 2 is 1.87 bits per heavy atom. The van der Waals surface area contributed by atoms with Gasteiger partial charge in [-0.2, -0.15) is 0 Å². The average Bonchev–Trinajstić information content (AvgIpc) is 2.14. The van der Waals surface area contributed by atoms with E-state index in [0.717, 1.165) is 6.29 Å². The van der Waals surface area contributed by atoms with Gasteiger partial charge in [0.05, 0.1) is 0 Å². The topological polar surface area (TPSA) is 37.3 Å². The molecule has 0 radical (unpaired) electrons. The molecule has 0 unspecified atom stereocenters. The number of aldehydes is 1. The van der Waals surface area contributed by atoms with Gasteiger partial charge in [-0.05, 0) is 23.1 Å². The van der Waals surface area contributed by atoms with Gasteiger partial charge < -0.3 is 5.11 Å². The molecule has 0 aromatic heterocycles. The van der Waals surface area contributed by atoms with E-state index in [4.69, 9.17) is 0 Å². The number of carbonyl (C=O) groups is 1. The SMILES string of the molecule is CC(C)(C)/C(C=O)=C/c1ccccc1O. The van der Waals surface area contributed by atoms with Crippen molar-refractivity contribution in [3.05, 3.63) is 35.4 Å². The van der Waals surface area contributed by atoms with Crippen molar-refractivity contribution in [2.75, 3.05) is 0 Å². The molecule has 1 aromatic carbocycles. The van der Waals surface area contributed by atoms with Crippen LogP contribution in [0.4, 0.5) is 0 Å². The smallest absolute Gasteiger partial charge is 0.146 e. The second-order valence-corrected chi connectivity index (χ2v) is 4.53. The molecule has 0 aliphatic carbocycles. The highest BCUT2D eigenvalue weighted by Gasteiger charge is 2.16. The Hall–Kier alpha value is -1.57. The van der Waals surface area contributed by atoms with E-state index in [2.05, 4.69) is 0 Å². The summed E-state index contributed by atoms with van der Waals surface area (Å²) >= 11 is 0. The zero-order valence-corrected chi connectivity index (χ0v) is 9.32. The molecule has 2 heteroatoms. The van der Waals surface area contributed by atoms with Crippen molar-refractivity contribution >= 4 is 12.4 Å². The lowest BCUT2D eigenvalue weighted by molar-refractivity contribution is -0.105. The van der Waals surface area contributed by atoms with Crippen molar-refractivity contribution in [1.29, 1.82) is 0 Å². The van der Waals surface area contributed by atoms with Crippen molar-refractivity contribution in [3.63, 3.8) is 0 Å². The fourth-order valence-electron chi connectivity index (χ4n) is 1.20. The van der Waals surface area contributed by atoms with E-state index in [1.807, 2.05) is 26.8 Å². The fourth-order valence-corrected chi connectivity index (χ4v) is 1.20. The summed E-state index contributed by atoms with van der Waals surface area (Å²) in [6.45, 7) is 5.90. The first kappa shape index (κ1) is 11.5. The maximum absolute atomic E-state index is 10.9. The number of benzene rings is 1. The van der Waals surface area contributed by atoms with Crippen LogP contribution in [0.1, 0.15) is 26.3 Å². The molecule has 0 atom stereocenters. The van der Waals surface area contributed by atoms with Crippen molar-refractivity contribution < 1.29 is 9.90 Å². The minimum absolute atomic E-state index is 0.195. The summed E-state index contributed by atoms with van der Waals surface area (Å²) in [5.41, 5.74) is 1.14. The van der Waals surface area contributed by atoms with Crippen molar-refractivity contribution in [1.82, 2.24) is 0 Å². The molecule has 15 heavy (non-hydrogen) atoms. The number of aromatic hydroxyl groups is 1. The molecule has 2 nitrogen and oxygen atoms in total. The average molecular weight is 204 g/mol. The van der Waals surface area contributed by atoms with Crippen LogP contribution in [0.2, 0.25) is 0 Å².